The van der Waals surface area contributed by atoms with Crippen molar-refractivity contribution < 1.29 is 9.21 Å². The highest BCUT2D eigenvalue weighted by Crippen LogP contribution is 2.28. The van der Waals surface area contributed by atoms with Gasteiger partial charge < -0.3 is 9.73 Å². The number of hydrogen-bond donors (Lipinski definition) is 1. The van der Waals surface area contributed by atoms with E-state index in [1.165, 1.54) is 5.56 Å². The van der Waals surface area contributed by atoms with Crippen molar-refractivity contribution in [2.45, 2.75) is 26.3 Å². The maximum absolute atomic E-state index is 11.5. The molecule has 23 heavy (non-hydrogen) atoms. The van der Waals surface area contributed by atoms with Crippen LogP contribution in [0.1, 0.15) is 24.2 Å². The Labute approximate surface area is 137 Å². The molecule has 0 bridgehead atoms. The Morgan fingerprint density at radius 2 is 2.13 bits per heavy atom. The molecule has 0 spiro atoms. The van der Waals surface area contributed by atoms with Crippen LogP contribution in [-0.4, -0.2) is 30.9 Å². The number of hydrogen-bond acceptors (Lipinski definition) is 3. The normalized spacial score (nSPS) is 18.3. The van der Waals surface area contributed by atoms with Crippen molar-refractivity contribution in [3.05, 3.63) is 47.7 Å². The zero-order valence-electron chi connectivity index (χ0n) is 13.8. The minimum atomic E-state index is 0.142. The fourth-order valence-electron chi connectivity index (χ4n) is 3.31. The van der Waals surface area contributed by atoms with Gasteiger partial charge in [-0.05, 0) is 43.5 Å². The van der Waals surface area contributed by atoms with Gasteiger partial charge in [0.1, 0.15) is 11.5 Å². The van der Waals surface area contributed by atoms with Gasteiger partial charge in [-0.3, -0.25) is 9.69 Å². The van der Waals surface area contributed by atoms with Gasteiger partial charge in [-0.25, -0.2) is 0 Å². The van der Waals surface area contributed by atoms with E-state index in [2.05, 4.69) is 34.5 Å². The standard InChI is InChI=1S/C19H24N2O2/c1-14-7-8-18(23-14)17-6-4-3-5-16(17)13-21-10-9-15(12-21)11-19(22)20-2/h3-8,15H,9-13H2,1-2H3,(H,20,22)/t15-/m0/s1. The zero-order chi connectivity index (χ0) is 16.2. The third kappa shape index (κ3) is 3.82. The average molecular weight is 312 g/mol. The van der Waals surface area contributed by atoms with Crippen molar-refractivity contribution in [1.82, 2.24) is 10.2 Å². The van der Waals surface area contributed by atoms with Gasteiger partial charge in [-0.2, -0.15) is 0 Å². The minimum absolute atomic E-state index is 0.142. The van der Waals surface area contributed by atoms with Crippen LogP contribution in [0.5, 0.6) is 0 Å². The summed E-state index contributed by atoms with van der Waals surface area (Å²) in [5.41, 5.74) is 2.44. The molecule has 2 aromatic rings. The summed E-state index contributed by atoms with van der Waals surface area (Å²) in [6, 6.07) is 12.4. The third-order valence-electron chi connectivity index (χ3n) is 4.54. The molecule has 1 aliphatic rings. The highest BCUT2D eigenvalue weighted by molar-refractivity contribution is 5.75. The van der Waals surface area contributed by atoms with Crippen LogP contribution >= 0.6 is 0 Å². The summed E-state index contributed by atoms with van der Waals surface area (Å²) in [4.78, 5) is 14.0. The number of nitrogens with zero attached hydrogens (tertiary/aromatic N) is 1. The van der Waals surface area contributed by atoms with E-state index in [1.807, 2.05) is 19.1 Å². The number of nitrogens with one attached hydrogen (secondary N) is 1. The lowest BCUT2D eigenvalue weighted by Gasteiger charge is -2.18. The molecule has 1 N–H and O–H groups in total. The van der Waals surface area contributed by atoms with E-state index in [-0.39, 0.29) is 5.91 Å². The number of benzene rings is 1. The molecule has 1 amide bonds. The second-order valence-corrected chi connectivity index (χ2v) is 6.33. The van der Waals surface area contributed by atoms with Gasteiger partial charge in [-0.15, -0.1) is 0 Å². The Morgan fingerprint density at radius 3 is 2.87 bits per heavy atom. The molecule has 122 valence electrons. The second kappa shape index (κ2) is 7.01. The fraction of sp³-hybridized carbons (Fsp3) is 0.421. The van der Waals surface area contributed by atoms with E-state index < -0.39 is 0 Å². The van der Waals surface area contributed by atoms with Crippen LogP contribution in [0.3, 0.4) is 0 Å². The van der Waals surface area contributed by atoms with Gasteiger partial charge in [-0.1, -0.05) is 24.3 Å². The molecule has 1 fully saturated rings. The fourth-order valence-corrected chi connectivity index (χ4v) is 3.31. The number of furan rings is 1. The lowest BCUT2D eigenvalue weighted by Crippen LogP contribution is -2.24. The van der Waals surface area contributed by atoms with E-state index in [0.29, 0.717) is 12.3 Å². The van der Waals surface area contributed by atoms with Gasteiger partial charge >= 0.3 is 0 Å². The van der Waals surface area contributed by atoms with Crippen molar-refractivity contribution in [3.8, 4) is 11.3 Å². The molecule has 1 aromatic heterocycles. The molecule has 0 aliphatic carbocycles. The summed E-state index contributed by atoms with van der Waals surface area (Å²) in [6.45, 7) is 4.90. The molecule has 2 heterocycles. The summed E-state index contributed by atoms with van der Waals surface area (Å²) in [6.07, 6.45) is 1.72. The Morgan fingerprint density at radius 1 is 1.30 bits per heavy atom. The molecule has 0 unspecified atom stereocenters. The molecule has 1 aromatic carbocycles. The summed E-state index contributed by atoms with van der Waals surface area (Å²) in [7, 11) is 1.71. The van der Waals surface area contributed by atoms with Gasteiger partial charge in [0.15, 0.2) is 0 Å². The first-order valence-corrected chi connectivity index (χ1v) is 8.23. The summed E-state index contributed by atoms with van der Waals surface area (Å²) < 4.78 is 5.79. The molecule has 3 rings (SSSR count). The van der Waals surface area contributed by atoms with Crippen molar-refractivity contribution in [2.24, 2.45) is 5.92 Å². The van der Waals surface area contributed by atoms with E-state index in [0.717, 1.165) is 43.1 Å². The number of aryl methyl sites for hydroxylation is 1. The predicted octanol–water partition coefficient (Wildman–Crippen LogP) is 3.21. The second-order valence-electron chi connectivity index (χ2n) is 6.33. The first-order chi connectivity index (χ1) is 11.2. The first kappa shape index (κ1) is 15.8. The van der Waals surface area contributed by atoms with Crippen molar-refractivity contribution in [1.29, 1.82) is 0 Å². The number of carbonyl (C=O) groups is 1. The Balaban J connectivity index is 1.68. The lowest BCUT2D eigenvalue weighted by atomic mass is 10.0. The minimum Gasteiger partial charge on any atom is -0.461 e. The molecule has 0 radical (unpaired) electrons. The predicted molar refractivity (Wildman–Crippen MR) is 90.9 cm³/mol. The molecule has 0 saturated carbocycles. The quantitative estimate of drug-likeness (QED) is 0.922. The SMILES string of the molecule is CNC(=O)C[C@@H]1CCN(Cc2ccccc2-c2ccc(C)o2)C1. The van der Waals surface area contributed by atoms with Crippen LogP contribution < -0.4 is 5.32 Å². The van der Waals surface area contributed by atoms with Gasteiger partial charge in [0.05, 0.1) is 0 Å². The summed E-state index contributed by atoms with van der Waals surface area (Å²) in [5.74, 6) is 2.47. The number of carbonyl (C=O) groups excluding carboxylic acids is 1. The lowest BCUT2D eigenvalue weighted by molar-refractivity contribution is -0.121. The molecular formula is C19H24N2O2. The molecule has 4 heteroatoms. The Hall–Kier alpha value is -2.07. The van der Waals surface area contributed by atoms with E-state index in [9.17, 15) is 4.79 Å². The first-order valence-electron chi connectivity index (χ1n) is 8.23. The summed E-state index contributed by atoms with van der Waals surface area (Å²) in [5, 5.41) is 2.72. The number of amides is 1. The van der Waals surface area contributed by atoms with E-state index in [4.69, 9.17) is 4.42 Å². The van der Waals surface area contributed by atoms with Crippen LogP contribution in [0.2, 0.25) is 0 Å². The van der Waals surface area contributed by atoms with Crippen LogP contribution in [-0.2, 0) is 11.3 Å². The monoisotopic (exact) mass is 312 g/mol. The maximum Gasteiger partial charge on any atom is 0.220 e. The van der Waals surface area contributed by atoms with Crippen LogP contribution in [0.25, 0.3) is 11.3 Å². The summed E-state index contributed by atoms with van der Waals surface area (Å²) >= 11 is 0. The van der Waals surface area contributed by atoms with E-state index >= 15 is 0 Å². The number of likely N-dealkylation sites (tertiary alicyclic amines) is 1. The Bertz CT molecular complexity index is 678. The van der Waals surface area contributed by atoms with Crippen molar-refractivity contribution in [3.63, 3.8) is 0 Å². The van der Waals surface area contributed by atoms with Crippen LogP contribution in [0.4, 0.5) is 0 Å². The molecule has 1 aliphatic heterocycles. The molecule has 1 atom stereocenters. The van der Waals surface area contributed by atoms with Crippen LogP contribution in [0, 0.1) is 12.8 Å². The average Bonchev–Trinajstić information content (AvgIpc) is 3.17. The molecule has 1 saturated heterocycles. The smallest absolute Gasteiger partial charge is 0.220 e. The van der Waals surface area contributed by atoms with Gasteiger partial charge in [0, 0.05) is 32.1 Å². The van der Waals surface area contributed by atoms with E-state index in [1.54, 1.807) is 7.05 Å². The van der Waals surface area contributed by atoms with Crippen molar-refractivity contribution in [2.75, 3.05) is 20.1 Å². The molecule has 4 nitrogen and oxygen atoms in total. The highest BCUT2D eigenvalue weighted by atomic mass is 16.3. The Kier molecular flexibility index (Phi) is 4.82. The topological polar surface area (TPSA) is 45.5 Å². The van der Waals surface area contributed by atoms with Crippen LogP contribution in [0.15, 0.2) is 40.8 Å². The highest BCUT2D eigenvalue weighted by Gasteiger charge is 2.25. The van der Waals surface area contributed by atoms with Crippen molar-refractivity contribution >= 4 is 5.91 Å². The zero-order valence-corrected chi connectivity index (χ0v) is 13.8. The molecular weight excluding hydrogens is 288 g/mol. The van der Waals surface area contributed by atoms with Gasteiger partial charge in [0.25, 0.3) is 0 Å². The third-order valence-corrected chi connectivity index (χ3v) is 4.54. The maximum atomic E-state index is 11.5. The largest absolute Gasteiger partial charge is 0.461 e. The van der Waals surface area contributed by atoms with Gasteiger partial charge in [0.2, 0.25) is 5.91 Å². The number of rotatable bonds is 5.